The Hall–Kier alpha value is -0.610. The summed E-state index contributed by atoms with van der Waals surface area (Å²) in [6, 6.07) is 0. The Kier molecular flexibility index (Phi) is 6.52. The van der Waals surface area contributed by atoms with E-state index in [0.29, 0.717) is 6.54 Å². The first-order valence-corrected chi connectivity index (χ1v) is 5.29. The summed E-state index contributed by atoms with van der Waals surface area (Å²) in [5.41, 5.74) is 0.169. The number of carbonyl (C=O) groups is 1. The molecule has 0 aromatic rings. The Labute approximate surface area is 93.0 Å². The number of rotatable bonds is 7. The molecule has 1 amide bonds. The van der Waals surface area contributed by atoms with E-state index in [2.05, 4.69) is 19.2 Å². The molecule has 0 radical (unpaired) electrons. The number of amides is 1. The summed E-state index contributed by atoms with van der Waals surface area (Å²) < 4.78 is 5.04. The lowest BCUT2D eigenvalue weighted by Crippen LogP contribution is -2.38. The van der Waals surface area contributed by atoms with E-state index in [1.165, 1.54) is 0 Å². The van der Waals surface area contributed by atoms with Crippen molar-refractivity contribution in [3.8, 4) is 0 Å². The fourth-order valence-electron chi connectivity index (χ4n) is 1.13. The molecule has 0 unspecified atom stereocenters. The summed E-state index contributed by atoms with van der Waals surface area (Å²) >= 11 is 0. The molecule has 90 valence electrons. The Morgan fingerprint density at radius 2 is 2.00 bits per heavy atom. The second-order valence-corrected chi connectivity index (χ2v) is 4.80. The fourth-order valence-corrected chi connectivity index (χ4v) is 1.13. The van der Waals surface area contributed by atoms with Gasteiger partial charge in [-0.2, -0.15) is 0 Å². The van der Waals surface area contributed by atoms with Gasteiger partial charge in [-0.3, -0.25) is 4.79 Å². The third kappa shape index (κ3) is 7.33. The van der Waals surface area contributed by atoms with Crippen LogP contribution in [0.15, 0.2) is 0 Å². The van der Waals surface area contributed by atoms with Gasteiger partial charge in [0.1, 0.15) is 0 Å². The van der Waals surface area contributed by atoms with Crippen LogP contribution in [0.25, 0.3) is 0 Å². The highest BCUT2D eigenvalue weighted by Gasteiger charge is 2.17. The molecule has 1 N–H and O–H groups in total. The highest BCUT2D eigenvalue weighted by molar-refractivity contribution is 5.77. The third-order valence-corrected chi connectivity index (χ3v) is 2.36. The summed E-state index contributed by atoms with van der Waals surface area (Å²) in [7, 11) is 5.24. The molecule has 0 bridgehead atoms. The van der Waals surface area contributed by atoms with Gasteiger partial charge in [-0.1, -0.05) is 13.8 Å². The lowest BCUT2D eigenvalue weighted by molar-refractivity contribution is -0.127. The summed E-state index contributed by atoms with van der Waals surface area (Å²) in [5.74, 6) is 0.109. The Balaban J connectivity index is 3.69. The van der Waals surface area contributed by atoms with Gasteiger partial charge in [-0.15, -0.1) is 0 Å². The van der Waals surface area contributed by atoms with Crippen molar-refractivity contribution in [3.63, 3.8) is 0 Å². The zero-order valence-electron chi connectivity index (χ0n) is 10.6. The van der Waals surface area contributed by atoms with Crippen molar-refractivity contribution >= 4 is 5.91 Å². The average molecular weight is 216 g/mol. The van der Waals surface area contributed by atoms with Gasteiger partial charge in [0.2, 0.25) is 5.91 Å². The number of hydrogen-bond donors (Lipinski definition) is 1. The zero-order valence-corrected chi connectivity index (χ0v) is 10.6. The van der Waals surface area contributed by atoms with E-state index < -0.39 is 0 Å². The minimum absolute atomic E-state index is 0.109. The molecule has 0 atom stereocenters. The lowest BCUT2D eigenvalue weighted by Gasteiger charge is -2.24. The maximum absolute atomic E-state index is 11.3. The summed E-state index contributed by atoms with van der Waals surface area (Å²) in [5, 5.41) is 3.17. The number of carbonyl (C=O) groups excluding carboxylic acids is 1. The normalized spacial score (nSPS) is 11.5. The topological polar surface area (TPSA) is 41.6 Å². The molecule has 0 aromatic carbocycles. The third-order valence-electron chi connectivity index (χ3n) is 2.36. The van der Waals surface area contributed by atoms with E-state index in [0.717, 1.165) is 19.6 Å². The molecule has 4 nitrogen and oxygen atoms in total. The van der Waals surface area contributed by atoms with Crippen molar-refractivity contribution in [1.29, 1.82) is 0 Å². The van der Waals surface area contributed by atoms with Crippen LogP contribution >= 0.6 is 0 Å². The number of nitrogens with one attached hydrogen (secondary N) is 1. The van der Waals surface area contributed by atoms with E-state index >= 15 is 0 Å². The van der Waals surface area contributed by atoms with Gasteiger partial charge >= 0.3 is 0 Å². The van der Waals surface area contributed by atoms with Gasteiger partial charge < -0.3 is 15.0 Å². The van der Waals surface area contributed by atoms with Crippen LogP contribution in [-0.2, 0) is 9.53 Å². The predicted octanol–water partition coefficient (Wildman–Crippen LogP) is 0.727. The highest BCUT2D eigenvalue weighted by atomic mass is 16.5. The van der Waals surface area contributed by atoms with Gasteiger partial charge in [0, 0.05) is 34.4 Å². The van der Waals surface area contributed by atoms with Crippen molar-refractivity contribution in [1.82, 2.24) is 10.2 Å². The number of methoxy groups -OCH3 is 1. The van der Waals surface area contributed by atoms with Gasteiger partial charge in [-0.05, 0) is 11.8 Å². The van der Waals surface area contributed by atoms with E-state index in [4.69, 9.17) is 4.74 Å². The van der Waals surface area contributed by atoms with Crippen molar-refractivity contribution in [2.24, 2.45) is 5.41 Å². The molecule has 0 aromatic heterocycles. The molecule has 0 saturated heterocycles. The quantitative estimate of drug-likeness (QED) is 0.682. The lowest BCUT2D eigenvalue weighted by atomic mass is 9.90. The minimum Gasteiger partial charge on any atom is -0.385 e. The second-order valence-electron chi connectivity index (χ2n) is 4.80. The van der Waals surface area contributed by atoms with Crippen molar-refractivity contribution in [2.75, 3.05) is 40.9 Å². The summed E-state index contributed by atoms with van der Waals surface area (Å²) in [6.07, 6.45) is 0.993. The van der Waals surface area contributed by atoms with Crippen LogP contribution in [0.4, 0.5) is 0 Å². The molecule has 0 aliphatic carbocycles. The first kappa shape index (κ1) is 14.4. The van der Waals surface area contributed by atoms with Gasteiger partial charge in [0.15, 0.2) is 0 Å². The maximum Gasteiger partial charge on any atom is 0.236 e. The first-order chi connectivity index (χ1) is 6.89. The first-order valence-electron chi connectivity index (χ1n) is 5.29. The molecule has 4 heteroatoms. The molecule has 0 heterocycles. The molecule has 0 saturated carbocycles. The van der Waals surface area contributed by atoms with E-state index in [-0.39, 0.29) is 11.3 Å². The van der Waals surface area contributed by atoms with Crippen molar-refractivity contribution < 1.29 is 9.53 Å². The minimum atomic E-state index is 0.109. The molecule has 0 aliphatic heterocycles. The largest absolute Gasteiger partial charge is 0.385 e. The standard InChI is InChI=1S/C11H24N2O2/c1-11(2,6-7-15-5)9-12-8-10(14)13(3)4/h12H,6-9H2,1-5H3. The number of ether oxygens (including phenoxy) is 1. The van der Waals surface area contributed by atoms with Crippen molar-refractivity contribution in [3.05, 3.63) is 0 Å². The zero-order chi connectivity index (χ0) is 11.9. The molecule has 0 fully saturated rings. The van der Waals surface area contributed by atoms with Crippen LogP contribution in [0.5, 0.6) is 0 Å². The van der Waals surface area contributed by atoms with Crippen LogP contribution < -0.4 is 5.32 Å². The van der Waals surface area contributed by atoms with Gasteiger partial charge in [-0.25, -0.2) is 0 Å². The smallest absolute Gasteiger partial charge is 0.236 e. The maximum atomic E-state index is 11.3. The number of likely N-dealkylation sites (N-methyl/N-ethyl adjacent to an activating group) is 1. The van der Waals surface area contributed by atoms with Crippen LogP contribution in [0.2, 0.25) is 0 Å². The predicted molar refractivity (Wildman–Crippen MR) is 61.8 cm³/mol. The van der Waals surface area contributed by atoms with E-state index in [1.807, 2.05) is 0 Å². The Morgan fingerprint density at radius 1 is 1.40 bits per heavy atom. The number of hydrogen-bond acceptors (Lipinski definition) is 3. The fraction of sp³-hybridized carbons (Fsp3) is 0.909. The van der Waals surface area contributed by atoms with E-state index in [1.54, 1.807) is 26.1 Å². The highest BCUT2D eigenvalue weighted by Crippen LogP contribution is 2.18. The Bertz CT molecular complexity index is 191. The molecule has 0 rings (SSSR count). The molecule has 15 heavy (non-hydrogen) atoms. The van der Waals surface area contributed by atoms with E-state index in [9.17, 15) is 4.79 Å². The van der Waals surface area contributed by atoms with Crippen LogP contribution in [-0.4, -0.2) is 51.7 Å². The number of nitrogens with zero attached hydrogens (tertiary/aromatic N) is 1. The van der Waals surface area contributed by atoms with Gasteiger partial charge in [0.25, 0.3) is 0 Å². The molecule has 0 aliphatic rings. The van der Waals surface area contributed by atoms with Crippen molar-refractivity contribution in [2.45, 2.75) is 20.3 Å². The second kappa shape index (κ2) is 6.80. The summed E-state index contributed by atoms with van der Waals surface area (Å²) in [6.45, 7) is 6.33. The summed E-state index contributed by atoms with van der Waals surface area (Å²) in [4.78, 5) is 12.9. The molecular formula is C11H24N2O2. The molecule has 0 spiro atoms. The monoisotopic (exact) mass is 216 g/mol. The molecular weight excluding hydrogens is 192 g/mol. The average Bonchev–Trinajstić information content (AvgIpc) is 2.14. The van der Waals surface area contributed by atoms with Gasteiger partial charge in [0.05, 0.1) is 6.54 Å². The van der Waals surface area contributed by atoms with Crippen LogP contribution in [0, 0.1) is 5.41 Å². The Morgan fingerprint density at radius 3 is 2.47 bits per heavy atom. The SMILES string of the molecule is COCCC(C)(C)CNCC(=O)N(C)C. The van der Waals surface area contributed by atoms with Crippen LogP contribution in [0.3, 0.4) is 0 Å². The van der Waals surface area contributed by atoms with Crippen LogP contribution in [0.1, 0.15) is 20.3 Å².